The van der Waals surface area contributed by atoms with Gasteiger partial charge in [0.25, 0.3) is 0 Å². The lowest BCUT2D eigenvalue weighted by molar-refractivity contribution is 0.590. The fraction of sp³-hybridized carbons (Fsp3) is 0.107. The summed E-state index contributed by atoms with van der Waals surface area (Å²) < 4.78 is 2.54. The summed E-state index contributed by atoms with van der Waals surface area (Å²) in [5.74, 6) is 0. The molecule has 1 unspecified atom stereocenters. The maximum absolute atomic E-state index is 2.57. The Morgan fingerprint density at radius 2 is 1.07 bits per heavy atom. The highest BCUT2D eigenvalue weighted by molar-refractivity contribution is 6.18. The lowest BCUT2D eigenvalue weighted by Gasteiger charge is -2.40. The van der Waals surface area contributed by atoms with Gasteiger partial charge >= 0.3 is 0 Å². The fourth-order valence-corrected chi connectivity index (χ4v) is 10.6. The zero-order valence-corrected chi connectivity index (χ0v) is 33.2. The lowest BCUT2D eigenvalue weighted by atomic mass is 9.65. The van der Waals surface area contributed by atoms with E-state index in [1.807, 2.05) is 0 Å². The van der Waals surface area contributed by atoms with Gasteiger partial charge in [0.05, 0.1) is 27.8 Å². The maximum atomic E-state index is 2.57. The van der Waals surface area contributed by atoms with Crippen molar-refractivity contribution in [3.63, 3.8) is 0 Å². The fourth-order valence-electron chi connectivity index (χ4n) is 10.6. The number of benzene rings is 9. The molecule has 0 N–H and O–H groups in total. The summed E-state index contributed by atoms with van der Waals surface area (Å²) >= 11 is 0. The minimum absolute atomic E-state index is 0.0479. The van der Waals surface area contributed by atoms with E-state index < -0.39 is 5.41 Å². The maximum Gasteiger partial charge on any atom is 0.0755 e. The Morgan fingerprint density at radius 1 is 0.466 bits per heavy atom. The zero-order valence-electron chi connectivity index (χ0n) is 33.2. The monoisotopic (exact) mass is 742 g/mol. The highest BCUT2D eigenvalue weighted by Gasteiger charge is 2.52. The minimum Gasteiger partial charge on any atom is -0.310 e. The predicted molar refractivity (Wildman–Crippen MR) is 245 cm³/mol. The van der Waals surface area contributed by atoms with E-state index in [0.717, 1.165) is 11.4 Å². The van der Waals surface area contributed by atoms with Gasteiger partial charge in [0.1, 0.15) is 0 Å². The van der Waals surface area contributed by atoms with Crippen molar-refractivity contribution < 1.29 is 0 Å². The molecule has 0 fully saturated rings. The van der Waals surface area contributed by atoms with Gasteiger partial charge in [0.15, 0.2) is 0 Å². The molecule has 0 bridgehead atoms. The number of aromatic nitrogens is 1. The molecule has 9 aromatic carbocycles. The Bertz CT molecular complexity index is 3320. The van der Waals surface area contributed by atoms with Gasteiger partial charge in [-0.05, 0) is 110 Å². The topological polar surface area (TPSA) is 8.17 Å². The van der Waals surface area contributed by atoms with Crippen LogP contribution in [0.3, 0.4) is 0 Å². The van der Waals surface area contributed by atoms with Gasteiger partial charge in [0, 0.05) is 27.5 Å². The number of rotatable bonds is 3. The molecule has 2 heterocycles. The average Bonchev–Trinajstić information content (AvgIpc) is 3.75. The standard InChI is InChI=1S/C56H42N2/c1-35-24-29-38(30-25-35)57(39-31-27-37(28-32-39)55(2,3)4)51-34-48-53(43-18-8-7-16-41(43)51)52-40-15-6-5-14-36(40)26-33-46(52)56(48)45-20-10-12-23-50(45)58-49-22-11-9-17-42(49)44-19-13-21-47(56)54(44)58/h5-34H,1-4H3. The zero-order chi connectivity index (χ0) is 38.9. The highest BCUT2D eigenvalue weighted by atomic mass is 15.1. The van der Waals surface area contributed by atoms with Crippen molar-refractivity contribution >= 4 is 60.4 Å². The van der Waals surface area contributed by atoms with E-state index in [1.165, 1.54) is 99.2 Å². The van der Waals surface area contributed by atoms with Gasteiger partial charge < -0.3 is 9.47 Å². The Morgan fingerprint density at radius 3 is 1.84 bits per heavy atom. The summed E-state index contributed by atoms with van der Waals surface area (Å²) in [6.07, 6.45) is 0. The molecule has 12 rings (SSSR count). The van der Waals surface area contributed by atoms with E-state index in [0.29, 0.717) is 0 Å². The Kier molecular flexibility index (Phi) is 6.78. The van der Waals surface area contributed by atoms with Crippen molar-refractivity contribution in [3.05, 3.63) is 215 Å². The second-order valence-corrected chi connectivity index (χ2v) is 17.4. The largest absolute Gasteiger partial charge is 0.310 e. The number of para-hydroxylation sites is 3. The SMILES string of the molecule is Cc1ccc(N(c2ccc(C(C)(C)C)cc2)c2cc3c(c4ccccc24)-c2c(ccc4ccccc24)C32c3ccccc3-n3c4ccccc4c4cccc2c43)cc1. The number of nitrogens with zero attached hydrogens (tertiary/aromatic N) is 2. The summed E-state index contributed by atoms with van der Waals surface area (Å²) in [5.41, 5.74) is 17.2. The molecule has 1 aliphatic heterocycles. The number of anilines is 3. The minimum atomic E-state index is -0.594. The van der Waals surface area contributed by atoms with Crippen LogP contribution >= 0.6 is 0 Å². The van der Waals surface area contributed by atoms with Crippen LogP contribution in [0.5, 0.6) is 0 Å². The van der Waals surface area contributed by atoms with Crippen molar-refractivity contribution in [2.45, 2.75) is 38.5 Å². The molecule has 10 aromatic rings. The molecule has 58 heavy (non-hydrogen) atoms. The lowest BCUT2D eigenvalue weighted by Crippen LogP contribution is -2.33. The Balaban J connectivity index is 1.28. The first-order valence-corrected chi connectivity index (χ1v) is 20.5. The van der Waals surface area contributed by atoms with E-state index in [1.54, 1.807) is 0 Å². The number of aryl methyl sites for hydroxylation is 1. The van der Waals surface area contributed by atoms with Gasteiger partial charge in [-0.3, -0.25) is 0 Å². The first kappa shape index (κ1) is 33.3. The van der Waals surface area contributed by atoms with Crippen LogP contribution in [0.4, 0.5) is 17.1 Å². The van der Waals surface area contributed by atoms with E-state index in [-0.39, 0.29) is 5.41 Å². The summed E-state index contributed by atoms with van der Waals surface area (Å²) in [4.78, 5) is 2.50. The van der Waals surface area contributed by atoms with E-state index in [2.05, 4.69) is 219 Å². The molecule has 2 heteroatoms. The molecule has 1 spiro atoms. The molecule has 1 atom stereocenters. The second kappa shape index (κ2) is 11.8. The smallest absolute Gasteiger partial charge is 0.0755 e. The molecule has 276 valence electrons. The first-order valence-electron chi connectivity index (χ1n) is 20.5. The van der Waals surface area contributed by atoms with E-state index >= 15 is 0 Å². The van der Waals surface area contributed by atoms with E-state index in [9.17, 15) is 0 Å². The number of hydrogen-bond donors (Lipinski definition) is 0. The van der Waals surface area contributed by atoms with Gasteiger partial charge in [-0.1, -0.05) is 166 Å². The average molecular weight is 743 g/mol. The quantitative estimate of drug-likeness (QED) is 0.175. The molecule has 1 aromatic heterocycles. The van der Waals surface area contributed by atoms with Gasteiger partial charge in [-0.15, -0.1) is 0 Å². The molecule has 0 radical (unpaired) electrons. The van der Waals surface area contributed by atoms with Crippen LogP contribution in [0, 0.1) is 6.92 Å². The summed E-state index contributed by atoms with van der Waals surface area (Å²) in [6, 6.07) is 68.9. The normalized spacial score (nSPS) is 15.3. The van der Waals surface area contributed by atoms with Crippen molar-refractivity contribution in [2.24, 2.45) is 0 Å². The van der Waals surface area contributed by atoms with Crippen LogP contribution in [0.15, 0.2) is 182 Å². The van der Waals surface area contributed by atoms with Crippen molar-refractivity contribution in [3.8, 4) is 16.8 Å². The Labute approximate surface area is 339 Å². The first-order chi connectivity index (χ1) is 28.3. The molecule has 1 aliphatic carbocycles. The van der Waals surface area contributed by atoms with Crippen LogP contribution in [-0.2, 0) is 10.8 Å². The third-order valence-electron chi connectivity index (χ3n) is 13.2. The molecule has 0 amide bonds. The number of fused-ring (bicyclic) bond motifs is 16. The second-order valence-electron chi connectivity index (χ2n) is 17.4. The predicted octanol–water partition coefficient (Wildman–Crippen LogP) is 14.8. The van der Waals surface area contributed by atoms with Crippen molar-refractivity contribution in [1.82, 2.24) is 4.57 Å². The number of hydrogen-bond acceptors (Lipinski definition) is 1. The van der Waals surface area contributed by atoms with Gasteiger partial charge in [-0.25, -0.2) is 0 Å². The molecule has 2 nitrogen and oxygen atoms in total. The van der Waals surface area contributed by atoms with Crippen LogP contribution in [0.25, 0.3) is 60.2 Å². The van der Waals surface area contributed by atoms with Crippen LogP contribution < -0.4 is 4.90 Å². The Hall–Kier alpha value is -6.90. The van der Waals surface area contributed by atoms with Gasteiger partial charge in [0.2, 0.25) is 0 Å². The van der Waals surface area contributed by atoms with Crippen LogP contribution in [0.2, 0.25) is 0 Å². The molecule has 2 aliphatic rings. The highest BCUT2D eigenvalue weighted by Crippen LogP contribution is 2.64. The third kappa shape index (κ3) is 4.32. The molecule has 0 saturated carbocycles. The molecule has 0 saturated heterocycles. The van der Waals surface area contributed by atoms with Crippen LogP contribution in [-0.4, -0.2) is 4.57 Å². The molecular weight excluding hydrogens is 701 g/mol. The molecular formula is C56H42N2. The summed E-state index contributed by atoms with van der Waals surface area (Å²) in [7, 11) is 0. The van der Waals surface area contributed by atoms with Crippen molar-refractivity contribution in [1.29, 1.82) is 0 Å². The summed E-state index contributed by atoms with van der Waals surface area (Å²) in [6.45, 7) is 9.03. The third-order valence-corrected chi connectivity index (χ3v) is 13.2. The van der Waals surface area contributed by atoms with Gasteiger partial charge in [-0.2, -0.15) is 0 Å². The van der Waals surface area contributed by atoms with Crippen LogP contribution in [0.1, 0.15) is 54.2 Å². The van der Waals surface area contributed by atoms with E-state index in [4.69, 9.17) is 0 Å². The summed E-state index contributed by atoms with van der Waals surface area (Å²) in [5, 5.41) is 7.62. The van der Waals surface area contributed by atoms with Crippen molar-refractivity contribution in [2.75, 3.05) is 4.90 Å².